The molecule has 0 amide bonds. The summed E-state index contributed by atoms with van der Waals surface area (Å²) in [6.45, 7) is 8.64. The van der Waals surface area contributed by atoms with Crippen molar-refractivity contribution in [1.29, 1.82) is 0 Å². The number of nitrogens with zero attached hydrogens (tertiary/aromatic N) is 1. The Morgan fingerprint density at radius 1 is 0.947 bits per heavy atom. The molecule has 0 aromatic heterocycles. The molecule has 0 aliphatic heterocycles. The fourth-order valence-electron chi connectivity index (χ4n) is 2.66. The van der Waals surface area contributed by atoms with Crippen LogP contribution in [0.2, 0.25) is 0 Å². The van der Waals surface area contributed by atoms with Gasteiger partial charge in [-0.05, 0) is 49.9 Å². The summed E-state index contributed by atoms with van der Waals surface area (Å²) in [5.41, 5.74) is 6.47. The molecule has 2 aromatic rings. The number of hydrogen-bond acceptors (Lipinski definition) is 1. The molecule has 2 aromatic carbocycles. The summed E-state index contributed by atoms with van der Waals surface area (Å²) in [4.78, 5) is 4.69. The minimum atomic E-state index is 0.195. The molecule has 2 rings (SSSR count). The summed E-state index contributed by atoms with van der Waals surface area (Å²) < 4.78 is 0. The predicted molar refractivity (Wildman–Crippen MR) is 83.1 cm³/mol. The summed E-state index contributed by atoms with van der Waals surface area (Å²) in [5.74, 6) is 0. The van der Waals surface area contributed by atoms with Crippen LogP contribution in [0.4, 0.5) is 0 Å². The summed E-state index contributed by atoms with van der Waals surface area (Å²) in [7, 11) is 0. The van der Waals surface area contributed by atoms with Crippen molar-refractivity contribution in [3.63, 3.8) is 0 Å². The predicted octanol–water partition coefficient (Wildman–Crippen LogP) is 4.79. The molecule has 98 valence electrons. The van der Waals surface area contributed by atoms with Crippen molar-refractivity contribution in [2.45, 2.75) is 33.7 Å². The number of benzene rings is 2. The van der Waals surface area contributed by atoms with Crippen LogP contribution in [-0.2, 0) is 0 Å². The monoisotopic (exact) mass is 251 g/mol. The fourth-order valence-corrected chi connectivity index (χ4v) is 2.66. The van der Waals surface area contributed by atoms with Crippen LogP contribution in [0.5, 0.6) is 0 Å². The van der Waals surface area contributed by atoms with Crippen LogP contribution >= 0.6 is 0 Å². The highest BCUT2D eigenvalue weighted by molar-refractivity contribution is 5.79. The van der Waals surface area contributed by atoms with Crippen LogP contribution < -0.4 is 0 Å². The Labute approximate surface area is 116 Å². The van der Waals surface area contributed by atoms with Crippen LogP contribution in [-0.4, -0.2) is 6.21 Å². The Bertz CT molecular complexity index is 559. The number of aliphatic imine (C=N–C) groups is 1. The second-order valence-corrected chi connectivity index (χ2v) is 5.18. The van der Waals surface area contributed by atoms with Gasteiger partial charge in [-0.1, -0.05) is 48.0 Å². The molecule has 19 heavy (non-hydrogen) atoms. The molecule has 0 N–H and O–H groups in total. The maximum atomic E-state index is 4.69. The second-order valence-electron chi connectivity index (χ2n) is 5.18. The van der Waals surface area contributed by atoms with Crippen LogP contribution in [0.1, 0.15) is 40.8 Å². The normalized spacial score (nSPS) is 12.8. The lowest BCUT2D eigenvalue weighted by molar-refractivity contribution is 0.807. The number of aryl methyl sites for hydroxylation is 3. The molecule has 0 fully saturated rings. The third-order valence-corrected chi connectivity index (χ3v) is 3.40. The van der Waals surface area contributed by atoms with E-state index >= 15 is 0 Å². The lowest BCUT2D eigenvalue weighted by Gasteiger charge is -2.15. The largest absolute Gasteiger partial charge is 0.285 e. The smallest absolute Gasteiger partial charge is 0.0726 e. The highest BCUT2D eigenvalue weighted by Crippen LogP contribution is 2.25. The Morgan fingerprint density at radius 2 is 1.53 bits per heavy atom. The highest BCUT2D eigenvalue weighted by Gasteiger charge is 2.10. The van der Waals surface area contributed by atoms with Crippen LogP contribution in [0.15, 0.2) is 47.5 Å². The third-order valence-electron chi connectivity index (χ3n) is 3.40. The molecule has 0 heterocycles. The van der Waals surface area contributed by atoms with E-state index in [4.69, 9.17) is 4.99 Å². The molecule has 0 aliphatic carbocycles. The molecular weight excluding hydrogens is 230 g/mol. The zero-order valence-electron chi connectivity index (χ0n) is 12.1. The molecule has 1 heteroatoms. The zero-order valence-corrected chi connectivity index (χ0v) is 12.1. The molecule has 0 unspecified atom stereocenters. The van der Waals surface area contributed by atoms with Gasteiger partial charge in [0.15, 0.2) is 0 Å². The van der Waals surface area contributed by atoms with Gasteiger partial charge < -0.3 is 0 Å². The van der Waals surface area contributed by atoms with Crippen molar-refractivity contribution in [3.05, 3.63) is 70.3 Å². The quantitative estimate of drug-likeness (QED) is 0.695. The topological polar surface area (TPSA) is 12.4 Å². The molecule has 1 atom stereocenters. The minimum Gasteiger partial charge on any atom is -0.285 e. The van der Waals surface area contributed by atoms with E-state index in [-0.39, 0.29) is 6.04 Å². The van der Waals surface area contributed by atoms with Crippen molar-refractivity contribution < 1.29 is 0 Å². The first-order valence-electron chi connectivity index (χ1n) is 6.74. The molecular formula is C18H21N. The minimum absolute atomic E-state index is 0.195. The third kappa shape index (κ3) is 3.31. The first-order valence-corrected chi connectivity index (χ1v) is 6.74. The van der Waals surface area contributed by atoms with Gasteiger partial charge in [0, 0.05) is 6.21 Å². The van der Waals surface area contributed by atoms with Crippen molar-refractivity contribution in [2.75, 3.05) is 0 Å². The Hall–Kier alpha value is -1.89. The second kappa shape index (κ2) is 5.83. The zero-order chi connectivity index (χ0) is 13.8. The number of hydrogen-bond donors (Lipinski definition) is 0. The maximum absolute atomic E-state index is 4.69. The number of rotatable bonds is 3. The molecule has 0 saturated carbocycles. The first-order chi connectivity index (χ1) is 9.08. The summed E-state index contributed by atoms with van der Waals surface area (Å²) in [6.07, 6.45) is 1.96. The fraction of sp³-hybridized carbons (Fsp3) is 0.278. The van der Waals surface area contributed by atoms with Crippen molar-refractivity contribution in [2.24, 2.45) is 4.99 Å². The van der Waals surface area contributed by atoms with Gasteiger partial charge in [-0.2, -0.15) is 0 Å². The van der Waals surface area contributed by atoms with E-state index < -0.39 is 0 Å². The molecule has 1 nitrogen and oxygen atoms in total. The van der Waals surface area contributed by atoms with Crippen LogP contribution in [0, 0.1) is 20.8 Å². The Morgan fingerprint density at radius 3 is 2.11 bits per heavy atom. The average molecular weight is 251 g/mol. The van der Waals surface area contributed by atoms with Crippen LogP contribution in [0.25, 0.3) is 0 Å². The van der Waals surface area contributed by atoms with Gasteiger partial charge in [0.05, 0.1) is 6.04 Å². The van der Waals surface area contributed by atoms with Gasteiger partial charge in [0.2, 0.25) is 0 Å². The summed E-state index contributed by atoms with van der Waals surface area (Å²) >= 11 is 0. The van der Waals surface area contributed by atoms with Gasteiger partial charge in [-0.25, -0.2) is 0 Å². The molecule has 0 bridgehead atoms. The van der Waals surface area contributed by atoms with Gasteiger partial charge in [0.1, 0.15) is 0 Å². The SMILES string of the molecule is Cc1cc(C)c([C@@H](C)N=Cc2ccccc2)c(C)c1. The van der Waals surface area contributed by atoms with E-state index in [0.29, 0.717) is 0 Å². The van der Waals surface area contributed by atoms with E-state index in [9.17, 15) is 0 Å². The van der Waals surface area contributed by atoms with E-state index in [1.54, 1.807) is 0 Å². The van der Waals surface area contributed by atoms with E-state index in [2.05, 4.69) is 52.0 Å². The Kier molecular flexibility index (Phi) is 4.16. The molecule has 0 radical (unpaired) electrons. The first kappa shape index (κ1) is 13.5. The lowest BCUT2D eigenvalue weighted by Crippen LogP contribution is -1.99. The highest BCUT2D eigenvalue weighted by atomic mass is 14.8. The van der Waals surface area contributed by atoms with Crippen molar-refractivity contribution in [1.82, 2.24) is 0 Å². The molecule has 0 saturated heterocycles. The van der Waals surface area contributed by atoms with E-state index in [0.717, 1.165) is 5.56 Å². The summed E-state index contributed by atoms with van der Waals surface area (Å²) in [6, 6.07) is 14.9. The van der Waals surface area contributed by atoms with Gasteiger partial charge in [0.25, 0.3) is 0 Å². The van der Waals surface area contributed by atoms with Crippen molar-refractivity contribution >= 4 is 6.21 Å². The van der Waals surface area contributed by atoms with E-state index in [1.165, 1.54) is 22.3 Å². The van der Waals surface area contributed by atoms with Gasteiger partial charge in [-0.15, -0.1) is 0 Å². The van der Waals surface area contributed by atoms with Crippen molar-refractivity contribution in [3.8, 4) is 0 Å². The van der Waals surface area contributed by atoms with E-state index in [1.807, 2.05) is 24.4 Å². The molecule has 0 spiro atoms. The average Bonchev–Trinajstić information content (AvgIpc) is 2.36. The van der Waals surface area contributed by atoms with Crippen LogP contribution in [0.3, 0.4) is 0 Å². The standard InChI is InChI=1S/C18H21N/c1-13-10-14(2)18(15(3)11-13)16(4)19-12-17-8-6-5-7-9-17/h5-12,16H,1-4H3/t16-/m1/s1. The maximum Gasteiger partial charge on any atom is 0.0726 e. The molecule has 0 aliphatic rings. The van der Waals surface area contributed by atoms with Gasteiger partial charge >= 0.3 is 0 Å². The summed E-state index contributed by atoms with van der Waals surface area (Å²) in [5, 5.41) is 0. The van der Waals surface area contributed by atoms with Gasteiger partial charge in [-0.3, -0.25) is 4.99 Å². The Balaban J connectivity index is 2.26. The lowest BCUT2D eigenvalue weighted by atomic mass is 9.95.